The number of carbonyl (C=O) groups is 1. The lowest BCUT2D eigenvalue weighted by atomic mass is 9.82. The molecule has 7 heteroatoms. The van der Waals surface area contributed by atoms with Crippen LogP contribution in [0.15, 0.2) is 48.5 Å². The van der Waals surface area contributed by atoms with Crippen LogP contribution in [0.5, 0.6) is 17.2 Å². The highest BCUT2D eigenvalue weighted by atomic mass is 35.5. The first-order valence-electron chi connectivity index (χ1n) is 14.1. The Balaban J connectivity index is 1.20. The fourth-order valence-electron chi connectivity index (χ4n) is 6.03. The summed E-state index contributed by atoms with van der Waals surface area (Å²) in [4.78, 5) is 13.6. The number of hydrogen-bond donors (Lipinski definition) is 1. The smallest absolute Gasteiger partial charge is 0.153 e. The number of halogens is 1. The van der Waals surface area contributed by atoms with Gasteiger partial charge in [-0.2, -0.15) is 0 Å². The van der Waals surface area contributed by atoms with Crippen molar-refractivity contribution < 1.29 is 24.1 Å². The fourth-order valence-corrected chi connectivity index (χ4v) is 6.26. The number of rotatable bonds is 10. The van der Waals surface area contributed by atoms with Gasteiger partial charge in [0, 0.05) is 31.2 Å². The molecular formula is C33H38ClNO5. The Morgan fingerprint density at radius 1 is 1.05 bits per heavy atom. The van der Waals surface area contributed by atoms with E-state index in [4.69, 9.17) is 25.8 Å². The van der Waals surface area contributed by atoms with Crippen LogP contribution in [0, 0.1) is 19.3 Å². The third kappa shape index (κ3) is 6.30. The second-order valence-corrected chi connectivity index (χ2v) is 11.6. The Morgan fingerprint density at radius 3 is 2.62 bits per heavy atom. The van der Waals surface area contributed by atoms with E-state index in [1.165, 1.54) is 31.4 Å². The second-order valence-electron chi connectivity index (χ2n) is 11.2. The molecule has 212 valence electrons. The molecule has 0 aromatic heterocycles. The second kappa shape index (κ2) is 12.6. The predicted octanol–water partition coefficient (Wildman–Crippen LogP) is 6.99. The molecule has 3 aromatic carbocycles. The Bertz CT molecular complexity index is 1350. The van der Waals surface area contributed by atoms with Crippen LogP contribution in [0.4, 0.5) is 0 Å². The molecule has 1 unspecified atom stereocenters. The third-order valence-corrected chi connectivity index (χ3v) is 8.70. The fraction of sp³-hybridized carbons (Fsp3) is 0.424. The molecule has 5 rings (SSSR count). The molecule has 2 heterocycles. The third-order valence-electron chi connectivity index (χ3n) is 8.41. The maximum atomic E-state index is 11.0. The quantitative estimate of drug-likeness (QED) is 0.212. The molecule has 3 aromatic rings. The number of phenols is 1. The van der Waals surface area contributed by atoms with E-state index in [1.54, 1.807) is 0 Å². The first-order valence-corrected chi connectivity index (χ1v) is 14.5. The van der Waals surface area contributed by atoms with Crippen LogP contribution in [0.3, 0.4) is 0 Å². The summed E-state index contributed by atoms with van der Waals surface area (Å²) >= 11 is 6.26. The van der Waals surface area contributed by atoms with Gasteiger partial charge in [-0.25, -0.2) is 0 Å². The number of nitrogens with zero attached hydrogens (tertiary/aromatic N) is 1. The summed E-state index contributed by atoms with van der Waals surface area (Å²) in [5, 5.41) is 10.3. The maximum absolute atomic E-state index is 11.0. The van der Waals surface area contributed by atoms with Gasteiger partial charge in [0.1, 0.15) is 23.9 Å². The van der Waals surface area contributed by atoms with E-state index in [-0.39, 0.29) is 22.9 Å². The number of aldehydes is 1. The molecule has 2 aliphatic rings. The highest BCUT2D eigenvalue weighted by Gasteiger charge is 2.39. The first kappa shape index (κ1) is 28.5. The summed E-state index contributed by atoms with van der Waals surface area (Å²) in [6.45, 7) is 10.4. The number of likely N-dealkylation sites (tertiary alicyclic amines) is 1. The van der Waals surface area contributed by atoms with Crippen molar-refractivity contribution >= 4 is 17.9 Å². The zero-order valence-electron chi connectivity index (χ0n) is 23.4. The highest BCUT2D eigenvalue weighted by Crippen LogP contribution is 2.38. The SMILES string of the molecule is Cc1c(COc2cc(O)c(C=O)cc2Cl)cccc1-c1cccc(OCCCN2CCC3(CCCOC3)C2)c1C. The molecule has 0 aliphatic carbocycles. The summed E-state index contributed by atoms with van der Waals surface area (Å²) in [5.41, 5.74) is 5.98. The van der Waals surface area contributed by atoms with Gasteiger partial charge in [0.25, 0.3) is 0 Å². The summed E-state index contributed by atoms with van der Waals surface area (Å²) in [6.07, 6.45) is 5.30. The summed E-state index contributed by atoms with van der Waals surface area (Å²) in [5.74, 6) is 1.09. The van der Waals surface area contributed by atoms with Crippen molar-refractivity contribution in [3.8, 4) is 28.4 Å². The Labute approximate surface area is 241 Å². The van der Waals surface area contributed by atoms with Crippen LogP contribution in [0.1, 0.15) is 52.7 Å². The van der Waals surface area contributed by atoms with Crippen LogP contribution < -0.4 is 9.47 Å². The van der Waals surface area contributed by atoms with Gasteiger partial charge in [0.05, 0.1) is 23.8 Å². The average molecular weight is 564 g/mol. The van der Waals surface area contributed by atoms with Crippen molar-refractivity contribution in [1.82, 2.24) is 4.90 Å². The molecule has 40 heavy (non-hydrogen) atoms. The van der Waals surface area contributed by atoms with Crippen LogP contribution in [0.2, 0.25) is 5.02 Å². The lowest BCUT2D eigenvalue weighted by Gasteiger charge is -2.33. The number of carbonyl (C=O) groups excluding carboxylic acids is 1. The monoisotopic (exact) mass is 563 g/mol. The summed E-state index contributed by atoms with van der Waals surface area (Å²) < 4.78 is 18.0. The largest absolute Gasteiger partial charge is 0.507 e. The number of benzene rings is 3. The Hall–Kier alpha value is -3.06. The van der Waals surface area contributed by atoms with Gasteiger partial charge in [-0.05, 0) is 86.0 Å². The topological polar surface area (TPSA) is 68.2 Å². The van der Waals surface area contributed by atoms with Gasteiger partial charge in [0.2, 0.25) is 0 Å². The van der Waals surface area contributed by atoms with E-state index in [2.05, 4.69) is 30.9 Å². The molecule has 6 nitrogen and oxygen atoms in total. The lowest BCUT2D eigenvalue weighted by Crippen LogP contribution is -2.35. The van der Waals surface area contributed by atoms with Gasteiger partial charge in [-0.1, -0.05) is 41.9 Å². The van der Waals surface area contributed by atoms with Crippen LogP contribution in [0.25, 0.3) is 11.1 Å². The van der Waals surface area contributed by atoms with E-state index >= 15 is 0 Å². The predicted molar refractivity (Wildman–Crippen MR) is 158 cm³/mol. The van der Waals surface area contributed by atoms with E-state index in [1.807, 2.05) is 24.3 Å². The Kier molecular flexibility index (Phi) is 8.99. The van der Waals surface area contributed by atoms with Crippen molar-refractivity contribution in [3.63, 3.8) is 0 Å². The van der Waals surface area contributed by atoms with Crippen LogP contribution in [-0.4, -0.2) is 55.7 Å². The zero-order chi connectivity index (χ0) is 28.1. The molecule has 2 fully saturated rings. The van der Waals surface area contributed by atoms with Crippen molar-refractivity contribution in [1.29, 1.82) is 0 Å². The molecule has 0 saturated carbocycles. The molecule has 0 amide bonds. The van der Waals surface area contributed by atoms with E-state index in [0.29, 0.717) is 24.1 Å². The van der Waals surface area contributed by atoms with Crippen molar-refractivity contribution in [2.45, 2.75) is 46.1 Å². The maximum Gasteiger partial charge on any atom is 0.153 e. The molecule has 1 spiro atoms. The number of hydrogen-bond acceptors (Lipinski definition) is 6. The van der Waals surface area contributed by atoms with Gasteiger partial charge < -0.3 is 24.2 Å². The number of ether oxygens (including phenoxy) is 3. The van der Waals surface area contributed by atoms with E-state index < -0.39 is 0 Å². The minimum Gasteiger partial charge on any atom is -0.507 e. The molecule has 2 aliphatic heterocycles. The van der Waals surface area contributed by atoms with Gasteiger partial charge in [-0.3, -0.25) is 4.79 Å². The van der Waals surface area contributed by atoms with Crippen molar-refractivity contribution in [2.24, 2.45) is 5.41 Å². The number of phenolic OH excluding ortho intramolecular Hbond substituents is 1. The molecule has 0 bridgehead atoms. The average Bonchev–Trinajstić information content (AvgIpc) is 3.34. The molecule has 1 N–H and O–H groups in total. The molecule has 2 saturated heterocycles. The molecular weight excluding hydrogens is 526 g/mol. The normalized spacial score (nSPS) is 19.2. The van der Waals surface area contributed by atoms with Crippen LogP contribution >= 0.6 is 11.6 Å². The Morgan fingerprint density at radius 2 is 1.85 bits per heavy atom. The first-order chi connectivity index (χ1) is 19.4. The van der Waals surface area contributed by atoms with Gasteiger partial charge in [0.15, 0.2) is 6.29 Å². The van der Waals surface area contributed by atoms with Gasteiger partial charge >= 0.3 is 0 Å². The van der Waals surface area contributed by atoms with E-state index in [9.17, 15) is 9.90 Å². The highest BCUT2D eigenvalue weighted by molar-refractivity contribution is 6.32. The van der Waals surface area contributed by atoms with Crippen molar-refractivity contribution in [3.05, 3.63) is 75.8 Å². The summed E-state index contributed by atoms with van der Waals surface area (Å²) in [7, 11) is 0. The molecule has 0 radical (unpaired) electrons. The minimum absolute atomic E-state index is 0.132. The number of aromatic hydroxyl groups is 1. The van der Waals surface area contributed by atoms with Crippen LogP contribution in [-0.2, 0) is 11.3 Å². The van der Waals surface area contributed by atoms with E-state index in [0.717, 1.165) is 72.8 Å². The summed E-state index contributed by atoms with van der Waals surface area (Å²) in [6, 6.07) is 15.1. The van der Waals surface area contributed by atoms with Gasteiger partial charge in [-0.15, -0.1) is 0 Å². The zero-order valence-corrected chi connectivity index (χ0v) is 24.1. The van der Waals surface area contributed by atoms with Crippen molar-refractivity contribution in [2.75, 3.05) is 39.5 Å². The standard InChI is InChI=1S/C33H38ClNO5/c1-23-25(20-40-32-18-30(37)26(19-36)17-29(32)34)7-3-8-27(23)28-9-4-10-31(24(28)2)39-16-6-13-35-14-12-33(21-35)11-5-15-38-22-33/h3-4,7-10,17-19,37H,5-6,11-16,20-22H2,1-2H3. The molecule has 1 atom stereocenters. The lowest BCUT2D eigenvalue weighted by molar-refractivity contribution is -0.00225. The minimum atomic E-state index is -0.157.